The summed E-state index contributed by atoms with van der Waals surface area (Å²) in [7, 11) is 1.64. The zero-order valence-corrected chi connectivity index (χ0v) is 10.8. The number of carbonyl (C=O) groups is 1. The molecule has 17 heavy (non-hydrogen) atoms. The van der Waals surface area contributed by atoms with Crippen LogP contribution in [0.3, 0.4) is 0 Å². The SMILES string of the molecule is COc1c(CCC=O)cc2c(c1Cl)CCCC2. The highest BCUT2D eigenvalue weighted by molar-refractivity contribution is 6.33. The average molecular weight is 253 g/mol. The minimum atomic E-state index is 0.519. The Labute approximate surface area is 107 Å². The molecule has 0 saturated heterocycles. The summed E-state index contributed by atoms with van der Waals surface area (Å²) in [5.74, 6) is 0.758. The van der Waals surface area contributed by atoms with E-state index < -0.39 is 0 Å². The summed E-state index contributed by atoms with van der Waals surface area (Å²) < 4.78 is 5.39. The molecule has 0 fully saturated rings. The summed E-state index contributed by atoms with van der Waals surface area (Å²) in [5.41, 5.74) is 3.64. The number of halogens is 1. The number of hydrogen-bond donors (Lipinski definition) is 0. The Morgan fingerprint density at radius 3 is 2.88 bits per heavy atom. The molecular formula is C14H17ClO2. The van der Waals surface area contributed by atoms with Crippen LogP contribution in [0.15, 0.2) is 6.07 Å². The third-order valence-corrected chi connectivity index (χ3v) is 3.75. The Morgan fingerprint density at radius 1 is 1.41 bits per heavy atom. The first kappa shape index (κ1) is 12.4. The van der Waals surface area contributed by atoms with Gasteiger partial charge in [-0.2, -0.15) is 0 Å². The zero-order chi connectivity index (χ0) is 12.3. The molecule has 92 valence electrons. The molecular weight excluding hydrogens is 236 g/mol. The Balaban J connectivity index is 2.44. The summed E-state index contributed by atoms with van der Waals surface area (Å²) in [5, 5.41) is 0.755. The molecule has 2 nitrogen and oxygen atoms in total. The van der Waals surface area contributed by atoms with Crippen molar-refractivity contribution in [3.8, 4) is 5.75 Å². The van der Waals surface area contributed by atoms with E-state index in [1.165, 1.54) is 24.0 Å². The van der Waals surface area contributed by atoms with Crippen LogP contribution in [0.4, 0.5) is 0 Å². The normalized spacial score (nSPS) is 14.2. The molecule has 0 aliphatic heterocycles. The number of ether oxygens (including phenoxy) is 1. The largest absolute Gasteiger partial charge is 0.495 e. The molecule has 0 N–H and O–H groups in total. The van der Waals surface area contributed by atoms with Gasteiger partial charge in [0.2, 0.25) is 0 Å². The maximum absolute atomic E-state index is 10.5. The molecule has 3 heteroatoms. The zero-order valence-electron chi connectivity index (χ0n) is 10.1. The van der Waals surface area contributed by atoms with Gasteiger partial charge in [-0.25, -0.2) is 0 Å². The van der Waals surface area contributed by atoms with Crippen LogP contribution in [-0.2, 0) is 24.1 Å². The van der Waals surface area contributed by atoms with E-state index in [0.717, 1.165) is 35.5 Å². The van der Waals surface area contributed by atoms with Crippen LogP contribution >= 0.6 is 11.6 Å². The van der Waals surface area contributed by atoms with E-state index in [9.17, 15) is 4.79 Å². The van der Waals surface area contributed by atoms with E-state index in [4.69, 9.17) is 16.3 Å². The van der Waals surface area contributed by atoms with Crippen LogP contribution in [0, 0.1) is 0 Å². The second-order valence-corrected chi connectivity index (χ2v) is 4.81. The molecule has 0 aromatic heterocycles. The maximum atomic E-state index is 10.5. The number of aryl methyl sites for hydroxylation is 2. The third-order valence-electron chi connectivity index (χ3n) is 3.35. The van der Waals surface area contributed by atoms with Crippen molar-refractivity contribution in [3.63, 3.8) is 0 Å². The fraction of sp³-hybridized carbons (Fsp3) is 0.500. The van der Waals surface area contributed by atoms with Crippen molar-refractivity contribution in [1.29, 1.82) is 0 Å². The van der Waals surface area contributed by atoms with Crippen LogP contribution in [0.1, 0.15) is 36.0 Å². The molecule has 0 saturated carbocycles. The summed E-state index contributed by atoms with van der Waals surface area (Å²) >= 11 is 6.40. The summed E-state index contributed by atoms with van der Waals surface area (Å²) in [4.78, 5) is 10.5. The van der Waals surface area contributed by atoms with Gasteiger partial charge in [0.25, 0.3) is 0 Å². The molecule has 0 radical (unpaired) electrons. The van der Waals surface area contributed by atoms with Crippen LogP contribution in [0.2, 0.25) is 5.02 Å². The average Bonchev–Trinajstić information content (AvgIpc) is 2.36. The van der Waals surface area contributed by atoms with Gasteiger partial charge in [-0.3, -0.25) is 0 Å². The first-order valence-corrected chi connectivity index (χ1v) is 6.46. The van der Waals surface area contributed by atoms with Gasteiger partial charge in [-0.15, -0.1) is 0 Å². The lowest BCUT2D eigenvalue weighted by Crippen LogP contribution is -2.07. The van der Waals surface area contributed by atoms with Gasteiger partial charge in [0, 0.05) is 6.42 Å². The topological polar surface area (TPSA) is 26.3 Å². The lowest BCUT2D eigenvalue weighted by Gasteiger charge is -2.21. The lowest BCUT2D eigenvalue weighted by molar-refractivity contribution is -0.107. The van der Waals surface area contributed by atoms with Gasteiger partial charge < -0.3 is 9.53 Å². The van der Waals surface area contributed by atoms with Gasteiger partial charge >= 0.3 is 0 Å². The quantitative estimate of drug-likeness (QED) is 0.768. The van der Waals surface area contributed by atoms with Gasteiger partial charge in [-0.1, -0.05) is 17.7 Å². The summed E-state index contributed by atoms with van der Waals surface area (Å²) in [6, 6.07) is 2.17. The van der Waals surface area contributed by atoms with Crippen molar-refractivity contribution in [2.45, 2.75) is 38.5 Å². The number of carbonyl (C=O) groups excluding carboxylic acids is 1. The van der Waals surface area contributed by atoms with Crippen molar-refractivity contribution in [2.75, 3.05) is 7.11 Å². The first-order valence-electron chi connectivity index (χ1n) is 6.08. The maximum Gasteiger partial charge on any atom is 0.140 e. The van der Waals surface area contributed by atoms with Crippen molar-refractivity contribution in [1.82, 2.24) is 0 Å². The molecule has 0 spiro atoms. The molecule has 1 aromatic rings. The van der Waals surface area contributed by atoms with E-state index in [1.807, 2.05) is 0 Å². The lowest BCUT2D eigenvalue weighted by atomic mass is 9.89. The second-order valence-electron chi connectivity index (χ2n) is 4.43. The van der Waals surface area contributed by atoms with Crippen LogP contribution in [-0.4, -0.2) is 13.4 Å². The number of methoxy groups -OCH3 is 1. The van der Waals surface area contributed by atoms with Crippen molar-refractivity contribution in [3.05, 3.63) is 27.8 Å². The van der Waals surface area contributed by atoms with Gasteiger partial charge in [0.05, 0.1) is 12.1 Å². The Morgan fingerprint density at radius 2 is 2.18 bits per heavy atom. The molecule has 0 atom stereocenters. The van der Waals surface area contributed by atoms with E-state index in [-0.39, 0.29) is 0 Å². The number of aldehydes is 1. The highest BCUT2D eigenvalue weighted by Crippen LogP contribution is 2.38. The Bertz CT molecular complexity index is 427. The molecule has 0 unspecified atom stereocenters. The molecule has 0 amide bonds. The minimum Gasteiger partial charge on any atom is -0.495 e. The predicted octanol–water partition coefficient (Wildman–Crippen LogP) is 3.36. The monoisotopic (exact) mass is 252 g/mol. The van der Waals surface area contributed by atoms with E-state index >= 15 is 0 Å². The van der Waals surface area contributed by atoms with Crippen LogP contribution in [0.5, 0.6) is 5.75 Å². The Hall–Kier alpha value is -1.02. The van der Waals surface area contributed by atoms with Gasteiger partial charge in [0.15, 0.2) is 0 Å². The fourth-order valence-electron chi connectivity index (χ4n) is 2.51. The van der Waals surface area contributed by atoms with Gasteiger partial charge in [0.1, 0.15) is 12.0 Å². The third kappa shape index (κ3) is 2.47. The first-order chi connectivity index (χ1) is 8.27. The highest BCUT2D eigenvalue weighted by atomic mass is 35.5. The highest BCUT2D eigenvalue weighted by Gasteiger charge is 2.19. The molecule has 0 bridgehead atoms. The molecule has 1 aliphatic carbocycles. The summed E-state index contributed by atoms with van der Waals surface area (Å²) in [6.45, 7) is 0. The van der Waals surface area contributed by atoms with Gasteiger partial charge in [-0.05, 0) is 48.8 Å². The van der Waals surface area contributed by atoms with Crippen molar-refractivity contribution < 1.29 is 9.53 Å². The molecule has 2 rings (SSSR count). The van der Waals surface area contributed by atoms with Crippen molar-refractivity contribution in [2.24, 2.45) is 0 Å². The molecule has 1 aromatic carbocycles. The van der Waals surface area contributed by atoms with E-state index in [2.05, 4.69) is 6.07 Å². The van der Waals surface area contributed by atoms with E-state index in [0.29, 0.717) is 12.8 Å². The summed E-state index contributed by atoms with van der Waals surface area (Å²) in [6.07, 6.45) is 6.72. The predicted molar refractivity (Wildman–Crippen MR) is 69.0 cm³/mol. The van der Waals surface area contributed by atoms with Crippen LogP contribution < -0.4 is 4.74 Å². The van der Waals surface area contributed by atoms with E-state index in [1.54, 1.807) is 7.11 Å². The number of fused-ring (bicyclic) bond motifs is 1. The Kier molecular flexibility index (Phi) is 4.06. The number of rotatable bonds is 4. The fourth-order valence-corrected chi connectivity index (χ4v) is 2.93. The number of benzene rings is 1. The second kappa shape index (κ2) is 5.54. The number of hydrogen-bond acceptors (Lipinski definition) is 2. The standard InChI is InChI=1S/C14H17ClO2/c1-17-14-11(6-4-8-16)9-10-5-2-3-7-12(10)13(14)15/h8-9H,2-7H2,1H3. The van der Waals surface area contributed by atoms with Crippen LogP contribution in [0.25, 0.3) is 0 Å². The van der Waals surface area contributed by atoms with Crippen molar-refractivity contribution >= 4 is 17.9 Å². The molecule has 1 aliphatic rings. The smallest absolute Gasteiger partial charge is 0.140 e. The minimum absolute atomic E-state index is 0.519. The molecule has 0 heterocycles.